The van der Waals surface area contributed by atoms with Gasteiger partial charge in [-0.05, 0) is 24.1 Å². The minimum atomic E-state index is -3.72. The minimum absolute atomic E-state index is 0.0000808. The average molecular weight is 343 g/mol. The van der Waals surface area contributed by atoms with Gasteiger partial charge in [0.1, 0.15) is 6.07 Å². The van der Waals surface area contributed by atoms with Gasteiger partial charge in [-0.15, -0.1) is 0 Å². The summed E-state index contributed by atoms with van der Waals surface area (Å²) >= 11 is 5.84. The van der Waals surface area contributed by atoms with Crippen LogP contribution in [-0.2, 0) is 14.8 Å². The van der Waals surface area contributed by atoms with E-state index in [2.05, 4.69) is 4.72 Å². The molecule has 1 fully saturated rings. The third-order valence-corrected chi connectivity index (χ3v) is 6.21. The van der Waals surface area contributed by atoms with Crippen molar-refractivity contribution in [2.75, 3.05) is 7.11 Å². The Morgan fingerprint density at radius 1 is 1.41 bits per heavy atom. The summed E-state index contributed by atoms with van der Waals surface area (Å²) in [5.41, 5.74) is -0.161. The number of ether oxygens (including phenoxy) is 1. The van der Waals surface area contributed by atoms with Crippen LogP contribution in [0.2, 0.25) is 5.02 Å². The first-order valence-corrected chi connectivity index (χ1v) is 8.76. The molecule has 3 atom stereocenters. The third kappa shape index (κ3) is 2.74. The summed E-state index contributed by atoms with van der Waals surface area (Å²) in [5.74, 6) is 0.0671. The molecule has 0 amide bonds. The van der Waals surface area contributed by atoms with Crippen molar-refractivity contribution in [3.8, 4) is 6.07 Å². The Hall–Kier alpha value is -1.13. The highest BCUT2D eigenvalue weighted by Gasteiger charge is 2.55. The van der Waals surface area contributed by atoms with Crippen LogP contribution in [0.3, 0.4) is 0 Å². The fraction of sp³-hybridized carbons (Fsp3) is 0.533. The fourth-order valence-corrected chi connectivity index (χ4v) is 5.03. The molecular weight excluding hydrogens is 324 g/mol. The van der Waals surface area contributed by atoms with E-state index in [1.165, 1.54) is 18.2 Å². The smallest absolute Gasteiger partial charge is 0.240 e. The van der Waals surface area contributed by atoms with Gasteiger partial charge >= 0.3 is 0 Å². The molecule has 120 valence electrons. The second-order valence-corrected chi connectivity index (χ2v) is 8.31. The largest absolute Gasteiger partial charge is 0.380 e. The Morgan fingerprint density at radius 2 is 2.05 bits per heavy atom. The highest BCUT2D eigenvalue weighted by atomic mass is 35.5. The summed E-state index contributed by atoms with van der Waals surface area (Å²) in [6.07, 6.45) is 0.0000808. The van der Waals surface area contributed by atoms with Crippen molar-refractivity contribution in [1.29, 1.82) is 5.26 Å². The number of hydrogen-bond donors (Lipinski definition) is 1. The Balaban J connectivity index is 2.28. The molecule has 0 bridgehead atoms. The van der Waals surface area contributed by atoms with Gasteiger partial charge in [0.05, 0.1) is 21.6 Å². The predicted molar refractivity (Wildman–Crippen MR) is 84.0 cm³/mol. The van der Waals surface area contributed by atoms with Crippen molar-refractivity contribution in [2.24, 2.45) is 11.3 Å². The molecule has 0 unspecified atom stereocenters. The first-order valence-electron chi connectivity index (χ1n) is 6.90. The van der Waals surface area contributed by atoms with E-state index in [0.717, 1.165) is 0 Å². The maximum Gasteiger partial charge on any atom is 0.240 e. The summed E-state index contributed by atoms with van der Waals surface area (Å²) < 4.78 is 33.2. The number of nitrogens with one attached hydrogen (secondary N) is 1. The summed E-state index contributed by atoms with van der Waals surface area (Å²) in [6, 6.07) is 5.76. The standard InChI is InChI=1S/C15H19ClN2O3S/c1-9-13(15(2,3)14(9)21-4)18-22(19,20)11-5-6-12(16)10(7-11)8-17/h5-7,9,13-14,18H,1-4H3/t9-,13-,14+/m0/s1. The lowest BCUT2D eigenvalue weighted by atomic mass is 9.58. The highest BCUT2D eigenvalue weighted by Crippen LogP contribution is 2.47. The zero-order chi connectivity index (χ0) is 16.7. The molecule has 0 aliphatic heterocycles. The van der Waals surface area contributed by atoms with E-state index in [9.17, 15) is 8.42 Å². The van der Waals surface area contributed by atoms with Gasteiger partial charge in [0, 0.05) is 18.6 Å². The van der Waals surface area contributed by atoms with Crippen LogP contribution in [0.4, 0.5) is 0 Å². The van der Waals surface area contributed by atoms with Gasteiger partial charge in [-0.25, -0.2) is 13.1 Å². The van der Waals surface area contributed by atoms with Crippen molar-refractivity contribution >= 4 is 21.6 Å². The Labute approximate surface area is 136 Å². The summed E-state index contributed by atoms with van der Waals surface area (Å²) in [4.78, 5) is 0.0392. The minimum Gasteiger partial charge on any atom is -0.380 e. The van der Waals surface area contributed by atoms with Gasteiger partial charge in [0.2, 0.25) is 10.0 Å². The Kier molecular flexibility index (Phi) is 4.56. The second kappa shape index (κ2) is 5.82. The fourth-order valence-electron chi connectivity index (χ4n) is 3.36. The monoisotopic (exact) mass is 342 g/mol. The molecule has 22 heavy (non-hydrogen) atoms. The first-order chi connectivity index (χ1) is 10.1. The zero-order valence-electron chi connectivity index (χ0n) is 12.9. The van der Waals surface area contributed by atoms with Gasteiger partial charge in [-0.2, -0.15) is 5.26 Å². The van der Waals surface area contributed by atoms with Gasteiger partial charge in [-0.1, -0.05) is 32.4 Å². The molecule has 0 aromatic heterocycles. The zero-order valence-corrected chi connectivity index (χ0v) is 14.5. The molecule has 1 aromatic rings. The van der Waals surface area contributed by atoms with Crippen LogP contribution in [0, 0.1) is 22.7 Å². The molecule has 7 heteroatoms. The number of nitriles is 1. The maximum absolute atomic E-state index is 12.5. The van der Waals surface area contributed by atoms with E-state index in [-0.39, 0.29) is 39.0 Å². The van der Waals surface area contributed by atoms with Crippen molar-refractivity contribution in [3.05, 3.63) is 28.8 Å². The van der Waals surface area contributed by atoms with Gasteiger partial charge < -0.3 is 4.74 Å². The number of methoxy groups -OCH3 is 1. The van der Waals surface area contributed by atoms with E-state index in [0.29, 0.717) is 0 Å². The molecule has 1 saturated carbocycles. The lowest BCUT2D eigenvalue weighted by Gasteiger charge is -2.56. The van der Waals surface area contributed by atoms with Gasteiger partial charge in [0.25, 0.3) is 0 Å². The summed E-state index contributed by atoms with van der Waals surface area (Å²) in [6.45, 7) is 5.89. The van der Waals surface area contributed by atoms with Crippen molar-refractivity contribution < 1.29 is 13.2 Å². The number of hydrogen-bond acceptors (Lipinski definition) is 4. The van der Waals surface area contributed by atoms with E-state index in [4.69, 9.17) is 21.6 Å². The molecule has 1 aliphatic carbocycles. The van der Waals surface area contributed by atoms with Gasteiger partial charge in [-0.3, -0.25) is 0 Å². The quantitative estimate of drug-likeness (QED) is 0.912. The van der Waals surface area contributed by atoms with E-state index < -0.39 is 10.0 Å². The average Bonchev–Trinajstić information content (AvgIpc) is 2.45. The molecule has 1 aliphatic rings. The Morgan fingerprint density at radius 3 is 2.55 bits per heavy atom. The molecule has 0 radical (unpaired) electrons. The van der Waals surface area contributed by atoms with E-state index >= 15 is 0 Å². The lowest BCUT2D eigenvalue weighted by Crippen LogP contribution is -2.67. The summed E-state index contributed by atoms with van der Waals surface area (Å²) in [5, 5.41) is 9.21. The molecule has 0 spiro atoms. The van der Waals surface area contributed by atoms with Crippen LogP contribution in [0.5, 0.6) is 0 Å². The molecular formula is C15H19ClN2O3S. The number of rotatable bonds is 4. The van der Waals surface area contributed by atoms with Crippen molar-refractivity contribution in [2.45, 2.75) is 37.8 Å². The van der Waals surface area contributed by atoms with E-state index in [1.54, 1.807) is 7.11 Å². The van der Waals surface area contributed by atoms with Crippen LogP contribution < -0.4 is 4.72 Å². The maximum atomic E-state index is 12.5. The third-order valence-electron chi connectivity index (χ3n) is 4.44. The number of benzene rings is 1. The van der Waals surface area contributed by atoms with Crippen LogP contribution in [0.15, 0.2) is 23.1 Å². The Bertz CT molecular complexity index is 725. The molecule has 0 heterocycles. The van der Waals surface area contributed by atoms with Crippen molar-refractivity contribution in [1.82, 2.24) is 4.72 Å². The number of sulfonamides is 1. The topological polar surface area (TPSA) is 79.2 Å². The SMILES string of the molecule is CO[C@@H]1[C@@H](C)[C@H](NS(=O)(=O)c2ccc(Cl)c(C#N)c2)C1(C)C. The number of nitrogens with zero attached hydrogens (tertiary/aromatic N) is 1. The second-order valence-electron chi connectivity index (χ2n) is 6.19. The van der Waals surface area contributed by atoms with Crippen LogP contribution >= 0.6 is 11.6 Å². The lowest BCUT2D eigenvalue weighted by molar-refractivity contribution is -0.138. The summed E-state index contributed by atoms with van der Waals surface area (Å²) in [7, 11) is -2.09. The number of halogens is 1. The van der Waals surface area contributed by atoms with Gasteiger partial charge in [0.15, 0.2) is 0 Å². The van der Waals surface area contributed by atoms with Crippen LogP contribution in [0.25, 0.3) is 0 Å². The molecule has 2 rings (SSSR count). The van der Waals surface area contributed by atoms with Crippen LogP contribution in [-0.4, -0.2) is 27.7 Å². The molecule has 5 nitrogen and oxygen atoms in total. The predicted octanol–water partition coefficient (Wildman–Crippen LogP) is 2.55. The molecule has 1 N–H and O–H groups in total. The first kappa shape index (κ1) is 17.2. The normalized spacial score (nSPS) is 27.0. The van der Waals surface area contributed by atoms with Crippen molar-refractivity contribution in [3.63, 3.8) is 0 Å². The highest BCUT2D eigenvalue weighted by molar-refractivity contribution is 7.89. The molecule has 1 aromatic carbocycles. The van der Waals surface area contributed by atoms with E-state index in [1.807, 2.05) is 26.8 Å². The molecule has 0 saturated heterocycles. The van der Waals surface area contributed by atoms with Crippen LogP contribution in [0.1, 0.15) is 26.3 Å².